The normalized spacial score (nSPS) is 22.7. The number of urea groups is 1. The molecule has 10 heteroatoms. The Labute approximate surface area is 196 Å². The van der Waals surface area contributed by atoms with Gasteiger partial charge < -0.3 is 14.8 Å². The van der Waals surface area contributed by atoms with Gasteiger partial charge in [0, 0.05) is 11.4 Å². The number of carbonyl (C=O) groups is 3. The first-order valence-electron chi connectivity index (χ1n) is 10.8. The van der Waals surface area contributed by atoms with E-state index in [1.54, 1.807) is 32.5 Å². The van der Waals surface area contributed by atoms with Crippen molar-refractivity contribution in [2.75, 3.05) is 27.3 Å². The molecule has 2 atom stereocenters. The van der Waals surface area contributed by atoms with E-state index in [4.69, 9.17) is 9.47 Å². The van der Waals surface area contributed by atoms with Crippen LogP contribution in [0.15, 0.2) is 29.6 Å². The summed E-state index contributed by atoms with van der Waals surface area (Å²) in [6.07, 6.45) is 1.15. The molecule has 33 heavy (non-hydrogen) atoms. The summed E-state index contributed by atoms with van der Waals surface area (Å²) in [6, 6.07) is 7.19. The highest BCUT2D eigenvalue weighted by Crippen LogP contribution is 2.42. The number of methoxy groups -OCH3 is 2. The maximum absolute atomic E-state index is 12.9. The molecule has 1 fully saturated rings. The van der Waals surface area contributed by atoms with E-state index in [1.165, 1.54) is 0 Å². The molecule has 2 aliphatic heterocycles. The lowest BCUT2D eigenvalue weighted by molar-refractivity contribution is -0.139. The van der Waals surface area contributed by atoms with Gasteiger partial charge in [-0.1, -0.05) is 13.0 Å². The zero-order valence-corrected chi connectivity index (χ0v) is 20.0. The molecule has 4 rings (SSSR count). The van der Waals surface area contributed by atoms with Crippen molar-refractivity contribution in [3.05, 3.63) is 45.6 Å². The van der Waals surface area contributed by atoms with Crippen molar-refractivity contribution in [3.8, 4) is 11.5 Å². The van der Waals surface area contributed by atoms with Crippen LogP contribution in [0.3, 0.4) is 0 Å². The van der Waals surface area contributed by atoms with Crippen LogP contribution in [-0.2, 0) is 16.0 Å². The van der Waals surface area contributed by atoms with Crippen LogP contribution in [0, 0.1) is 0 Å². The van der Waals surface area contributed by atoms with Gasteiger partial charge in [-0.2, -0.15) is 5.01 Å². The first-order valence-corrected chi connectivity index (χ1v) is 11.7. The van der Waals surface area contributed by atoms with Gasteiger partial charge in [0.2, 0.25) is 0 Å². The van der Waals surface area contributed by atoms with Crippen LogP contribution < -0.4 is 20.2 Å². The van der Waals surface area contributed by atoms with Crippen molar-refractivity contribution in [2.45, 2.75) is 38.3 Å². The molecule has 1 saturated heterocycles. The minimum absolute atomic E-state index is 0.0241. The van der Waals surface area contributed by atoms with Gasteiger partial charge in [0.05, 0.1) is 26.8 Å². The number of rotatable bonds is 7. The van der Waals surface area contributed by atoms with Crippen molar-refractivity contribution in [1.82, 2.24) is 20.7 Å². The van der Waals surface area contributed by atoms with E-state index < -0.39 is 23.4 Å². The Hall–Kier alpha value is -3.11. The predicted octanol–water partition coefficient (Wildman–Crippen LogP) is 2.46. The summed E-state index contributed by atoms with van der Waals surface area (Å²) in [7, 11) is 3.21. The average Bonchev–Trinajstić information content (AvgIpc) is 3.41. The average molecular weight is 473 g/mol. The van der Waals surface area contributed by atoms with Crippen LogP contribution in [0.4, 0.5) is 4.79 Å². The van der Waals surface area contributed by atoms with Gasteiger partial charge in [0.15, 0.2) is 11.5 Å². The first-order chi connectivity index (χ1) is 15.8. The summed E-state index contributed by atoms with van der Waals surface area (Å²) in [5.74, 6) is 0.413. The van der Waals surface area contributed by atoms with Gasteiger partial charge in [-0.05, 0) is 54.5 Å². The van der Waals surface area contributed by atoms with E-state index in [0.29, 0.717) is 24.5 Å². The van der Waals surface area contributed by atoms with Crippen molar-refractivity contribution >= 4 is 29.2 Å². The van der Waals surface area contributed by atoms with Gasteiger partial charge in [0.25, 0.3) is 11.8 Å². The molecule has 176 valence electrons. The second-order valence-electron chi connectivity index (χ2n) is 8.34. The van der Waals surface area contributed by atoms with Gasteiger partial charge in [0.1, 0.15) is 5.54 Å². The lowest BCUT2D eigenvalue weighted by Gasteiger charge is -2.37. The number of hydrazine groups is 1. The summed E-state index contributed by atoms with van der Waals surface area (Å²) in [5.41, 5.74) is 3.66. The number of hydrogen-bond donors (Lipinski definition) is 2. The van der Waals surface area contributed by atoms with Gasteiger partial charge in [-0.15, -0.1) is 11.3 Å². The molecule has 4 amide bonds. The maximum Gasteiger partial charge on any atom is 0.344 e. The minimum atomic E-state index is -1.01. The van der Waals surface area contributed by atoms with E-state index >= 15 is 0 Å². The van der Waals surface area contributed by atoms with Crippen LogP contribution in [0.1, 0.15) is 42.3 Å². The fourth-order valence-corrected chi connectivity index (χ4v) is 5.19. The van der Waals surface area contributed by atoms with Crippen molar-refractivity contribution in [1.29, 1.82) is 0 Å². The molecule has 0 saturated carbocycles. The number of fused-ring (bicyclic) bond motifs is 1. The van der Waals surface area contributed by atoms with Crippen molar-refractivity contribution in [3.63, 3.8) is 0 Å². The number of amides is 4. The van der Waals surface area contributed by atoms with E-state index in [-0.39, 0.29) is 12.6 Å². The third-order valence-corrected chi connectivity index (χ3v) is 7.26. The summed E-state index contributed by atoms with van der Waals surface area (Å²) in [5, 5.41) is 5.43. The van der Waals surface area contributed by atoms with E-state index in [0.717, 1.165) is 27.4 Å². The molecule has 0 bridgehead atoms. The summed E-state index contributed by atoms with van der Waals surface area (Å²) in [4.78, 5) is 41.0. The van der Waals surface area contributed by atoms with E-state index in [9.17, 15) is 14.4 Å². The van der Waals surface area contributed by atoms with Crippen LogP contribution in [0.2, 0.25) is 0 Å². The van der Waals surface area contributed by atoms with Crippen LogP contribution in [0.25, 0.3) is 0 Å². The Morgan fingerprint density at radius 1 is 1.27 bits per heavy atom. The fraction of sp³-hybridized carbons (Fsp3) is 0.435. The molecule has 0 radical (unpaired) electrons. The zero-order chi connectivity index (χ0) is 23.8. The number of carbonyl (C=O) groups excluding carboxylic acids is 3. The first kappa shape index (κ1) is 23.1. The second kappa shape index (κ2) is 9.03. The van der Waals surface area contributed by atoms with Crippen molar-refractivity contribution in [2.24, 2.45) is 0 Å². The molecule has 1 aromatic heterocycles. The lowest BCUT2D eigenvalue weighted by Crippen LogP contribution is -2.52. The zero-order valence-electron chi connectivity index (χ0n) is 19.1. The minimum Gasteiger partial charge on any atom is -0.493 e. The third-order valence-electron chi connectivity index (χ3n) is 6.34. The Balaban J connectivity index is 1.58. The number of nitrogens with zero attached hydrogens (tertiary/aromatic N) is 2. The number of benzene rings is 1. The fourth-order valence-electron chi connectivity index (χ4n) is 4.32. The number of thiophene rings is 1. The number of imide groups is 1. The highest BCUT2D eigenvalue weighted by atomic mass is 32.1. The molecule has 9 nitrogen and oxygen atoms in total. The Morgan fingerprint density at radius 2 is 2.00 bits per heavy atom. The molecule has 2 N–H and O–H groups in total. The van der Waals surface area contributed by atoms with Gasteiger partial charge in [-0.25, -0.2) is 4.79 Å². The number of nitrogens with one attached hydrogen (secondary N) is 2. The van der Waals surface area contributed by atoms with Crippen LogP contribution in [0.5, 0.6) is 11.5 Å². The highest BCUT2D eigenvalue weighted by molar-refractivity contribution is 7.10. The molecular weight excluding hydrogens is 444 g/mol. The molecule has 2 aliphatic rings. The summed E-state index contributed by atoms with van der Waals surface area (Å²) < 4.78 is 11.0. The number of hydrogen-bond acceptors (Lipinski definition) is 7. The predicted molar refractivity (Wildman–Crippen MR) is 123 cm³/mol. The third kappa shape index (κ3) is 4.16. The Bertz CT molecular complexity index is 1070. The van der Waals surface area contributed by atoms with E-state index in [2.05, 4.69) is 10.7 Å². The smallest absolute Gasteiger partial charge is 0.344 e. The van der Waals surface area contributed by atoms with Crippen LogP contribution >= 0.6 is 11.3 Å². The van der Waals surface area contributed by atoms with Gasteiger partial charge in [-0.3, -0.25) is 19.9 Å². The number of ether oxygens (including phenoxy) is 2. The summed E-state index contributed by atoms with van der Waals surface area (Å²) >= 11 is 1.61. The largest absolute Gasteiger partial charge is 0.493 e. The molecule has 0 aliphatic carbocycles. The summed E-state index contributed by atoms with van der Waals surface area (Å²) in [6.45, 7) is 4.11. The molecule has 3 heterocycles. The molecule has 2 aromatic rings. The van der Waals surface area contributed by atoms with Gasteiger partial charge >= 0.3 is 6.03 Å². The van der Waals surface area contributed by atoms with Crippen molar-refractivity contribution < 1.29 is 23.9 Å². The quantitative estimate of drug-likeness (QED) is 0.601. The topological polar surface area (TPSA) is 100 Å². The van der Waals surface area contributed by atoms with E-state index in [1.807, 2.05) is 41.5 Å². The Morgan fingerprint density at radius 3 is 2.61 bits per heavy atom. The second-order valence-corrected chi connectivity index (χ2v) is 9.32. The standard InChI is InChI=1S/C23H28N4O5S/c1-5-23(2)21(29)27(22(30)24-23)25-19(28)13-26-9-8-14-11-16(31-3)17(32-4)12-15(14)20(26)18-7-6-10-33-18/h6-7,10-12,20H,5,8-9,13H2,1-4H3,(H,24,30)(H,25,28)/t20-,23-/m0/s1. The molecule has 1 aromatic carbocycles. The highest BCUT2D eigenvalue weighted by Gasteiger charge is 2.47. The Kier molecular flexibility index (Phi) is 6.31. The molecule has 0 unspecified atom stereocenters. The molecular formula is C23H28N4O5S. The monoisotopic (exact) mass is 472 g/mol. The van der Waals surface area contributed by atoms with Crippen LogP contribution in [-0.4, -0.2) is 60.6 Å². The SMILES string of the molecule is CC[C@]1(C)NC(=O)N(NC(=O)CN2CCc3cc(OC)c(OC)cc3[C@H]2c2cccs2)C1=O. The molecule has 0 spiro atoms. The lowest BCUT2D eigenvalue weighted by atomic mass is 9.91. The maximum atomic E-state index is 12.9.